The monoisotopic (exact) mass is 428 g/mol. The lowest BCUT2D eigenvalue weighted by atomic mass is 9.81. The highest BCUT2D eigenvalue weighted by Gasteiger charge is 2.58. The molecule has 1 heterocycles. The zero-order chi connectivity index (χ0) is 22.3. The fraction of sp³-hybridized carbons (Fsp3) is 0.259. The van der Waals surface area contributed by atoms with Crippen molar-refractivity contribution in [2.45, 2.75) is 19.0 Å². The van der Waals surface area contributed by atoms with E-state index in [2.05, 4.69) is 17.0 Å². The van der Waals surface area contributed by atoms with Crippen LogP contribution >= 0.6 is 0 Å². The number of piperazine rings is 1. The molecule has 5 rings (SSSR count). The summed E-state index contributed by atoms with van der Waals surface area (Å²) in [4.78, 5) is 31.9. The molecule has 0 aromatic heterocycles. The normalized spacial score (nSPS) is 18.7. The Labute approximate surface area is 187 Å². The lowest BCUT2D eigenvalue weighted by Crippen LogP contribution is -2.60. The number of hydrogen-bond acceptors (Lipinski definition) is 4. The second kappa shape index (κ2) is 8.08. The van der Waals surface area contributed by atoms with Crippen LogP contribution in [0.5, 0.6) is 0 Å². The summed E-state index contributed by atoms with van der Waals surface area (Å²) in [6.45, 7) is 5.16. The number of carbonyl (C=O) groups excluding carboxylic acids is 2. The van der Waals surface area contributed by atoms with Gasteiger partial charge in [0.15, 0.2) is 17.1 Å². The third-order valence-corrected chi connectivity index (χ3v) is 6.63. The predicted molar refractivity (Wildman–Crippen MR) is 121 cm³/mol. The van der Waals surface area contributed by atoms with Gasteiger partial charge in [0.2, 0.25) is 0 Å². The Bertz CT molecular complexity index is 1130. The Balaban J connectivity index is 1.51. The van der Waals surface area contributed by atoms with Gasteiger partial charge in [0, 0.05) is 43.9 Å². The fourth-order valence-electron chi connectivity index (χ4n) is 5.13. The van der Waals surface area contributed by atoms with Gasteiger partial charge in [0.25, 0.3) is 0 Å². The van der Waals surface area contributed by atoms with Crippen LogP contribution in [0.1, 0.15) is 37.4 Å². The van der Waals surface area contributed by atoms with Crippen molar-refractivity contribution < 1.29 is 14.0 Å². The number of benzene rings is 3. The second-order valence-corrected chi connectivity index (χ2v) is 8.68. The van der Waals surface area contributed by atoms with Gasteiger partial charge in [0.1, 0.15) is 5.82 Å². The molecule has 5 heteroatoms. The first-order valence-corrected chi connectivity index (χ1v) is 11.0. The van der Waals surface area contributed by atoms with Crippen LogP contribution in [-0.4, -0.2) is 47.5 Å². The minimum atomic E-state index is -1.50. The van der Waals surface area contributed by atoms with Crippen LogP contribution in [0.4, 0.5) is 4.39 Å². The van der Waals surface area contributed by atoms with Crippen molar-refractivity contribution in [3.05, 3.63) is 106 Å². The van der Waals surface area contributed by atoms with Crippen LogP contribution in [0.2, 0.25) is 0 Å². The summed E-state index contributed by atoms with van der Waals surface area (Å²) in [5, 5.41) is 0. The summed E-state index contributed by atoms with van der Waals surface area (Å²) in [5.74, 6) is -0.933. The summed E-state index contributed by atoms with van der Waals surface area (Å²) >= 11 is 0. The van der Waals surface area contributed by atoms with Crippen LogP contribution in [0.25, 0.3) is 0 Å². The Morgan fingerprint density at radius 3 is 2.00 bits per heavy atom. The van der Waals surface area contributed by atoms with Crippen molar-refractivity contribution in [3.63, 3.8) is 0 Å². The molecular formula is C27H25FN2O2. The maximum absolute atomic E-state index is 14.5. The van der Waals surface area contributed by atoms with E-state index >= 15 is 0 Å². The lowest BCUT2D eigenvalue weighted by Gasteiger charge is -2.44. The van der Waals surface area contributed by atoms with E-state index in [1.807, 2.05) is 23.1 Å². The van der Waals surface area contributed by atoms with Crippen LogP contribution in [-0.2, 0) is 12.1 Å². The first-order chi connectivity index (χ1) is 15.5. The molecule has 32 heavy (non-hydrogen) atoms. The van der Waals surface area contributed by atoms with E-state index in [0.29, 0.717) is 35.3 Å². The van der Waals surface area contributed by atoms with E-state index in [1.165, 1.54) is 17.7 Å². The molecular weight excluding hydrogens is 403 g/mol. The quantitative estimate of drug-likeness (QED) is 0.584. The highest BCUT2D eigenvalue weighted by Crippen LogP contribution is 2.43. The third kappa shape index (κ3) is 3.29. The maximum atomic E-state index is 14.5. The van der Waals surface area contributed by atoms with Crippen molar-refractivity contribution in [1.29, 1.82) is 0 Å². The van der Waals surface area contributed by atoms with E-state index in [9.17, 15) is 14.0 Å². The maximum Gasteiger partial charge on any atom is 0.196 e. The third-order valence-electron chi connectivity index (χ3n) is 6.63. The number of hydrogen-bond donors (Lipinski definition) is 0. The van der Waals surface area contributed by atoms with Crippen molar-refractivity contribution in [1.82, 2.24) is 9.80 Å². The molecule has 1 aliphatic heterocycles. The summed E-state index contributed by atoms with van der Waals surface area (Å²) in [7, 11) is 0. The molecule has 3 aromatic rings. The van der Waals surface area contributed by atoms with Gasteiger partial charge in [0.05, 0.1) is 0 Å². The Morgan fingerprint density at radius 1 is 0.812 bits per heavy atom. The molecule has 0 saturated carbocycles. The number of carbonyl (C=O) groups is 2. The molecule has 0 atom stereocenters. The molecule has 0 amide bonds. The average molecular weight is 429 g/mol. The van der Waals surface area contributed by atoms with Gasteiger partial charge in [-0.1, -0.05) is 60.7 Å². The number of Topliss-reactive ketones (excluding diaryl/α,β-unsaturated/α-hetero) is 2. The molecule has 3 aromatic carbocycles. The molecule has 162 valence electrons. The van der Waals surface area contributed by atoms with Gasteiger partial charge in [-0.3, -0.25) is 19.4 Å². The number of rotatable bonds is 4. The number of ketones is 2. The summed E-state index contributed by atoms with van der Waals surface area (Å²) in [6, 6.07) is 21.8. The topological polar surface area (TPSA) is 40.6 Å². The van der Waals surface area contributed by atoms with Crippen molar-refractivity contribution in [2.24, 2.45) is 0 Å². The molecule has 0 spiro atoms. The first kappa shape index (κ1) is 20.7. The summed E-state index contributed by atoms with van der Waals surface area (Å²) in [6.07, 6.45) is 0. The number of aryl methyl sites for hydroxylation is 1. The average Bonchev–Trinajstić information content (AvgIpc) is 3.02. The fourth-order valence-corrected chi connectivity index (χ4v) is 5.13. The van der Waals surface area contributed by atoms with Gasteiger partial charge in [-0.05, 0) is 35.7 Å². The van der Waals surface area contributed by atoms with E-state index < -0.39 is 11.4 Å². The molecule has 2 aliphatic rings. The highest BCUT2D eigenvalue weighted by molar-refractivity contribution is 6.32. The summed E-state index contributed by atoms with van der Waals surface area (Å²) < 4.78 is 14.5. The predicted octanol–water partition coefficient (Wildman–Crippen LogP) is 4.23. The second-order valence-electron chi connectivity index (χ2n) is 8.68. The van der Waals surface area contributed by atoms with E-state index in [1.54, 1.807) is 37.3 Å². The standard InChI is InChI=1S/C27H25FN2O2/c1-19-15-21(17-22(28)16-19)27(25(31)23-9-5-6-10-24(23)26(27)32)30-13-11-29(12-14-30)18-20-7-3-2-4-8-20/h2-10,15-17H,11-14,18H2,1H3. The molecule has 0 N–H and O–H groups in total. The van der Waals surface area contributed by atoms with E-state index in [4.69, 9.17) is 0 Å². The lowest BCUT2D eigenvalue weighted by molar-refractivity contribution is 0.0278. The number of nitrogens with zero attached hydrogens (tertiary/aromatic N) is 2. The van der Waals surface area contributed by atoms with Gasteiger partial charge in [-0.25, -0.2) is 4.39 Å². The number of fused-ring (bicyclic) bond motifs is 1. The highest BCUT2D eigenvalue weighted by atomic mass is 19.1. The minimum absolute atomic E-state index is 0.250. The van der Waals surface area contributed by atoms with Gasteiger partial charge >= 0.3 is 0 Å². The molecule has 1 fully saturated rings. The van der Waals surface area contributed by atoms with Crippen LogP contribution < -0.4 is 0 Å². The SMILES string of the molecule is Cc1cc(F)cc(C2(N3CCN(Cc4ccccc4)CC3)C(=O)c3ccccc3C2=O)c1. The van der Waals surface area contributed by atoms with E-state index in [0.717, 1.165) is 19.6 Å². The molecule has 1 aliphatic carbocycles. The first-order valence-electron chi connectivity index (χ1n) is 11.0. The minimum Gasteiger partial charge on any atom is -0.297 e. The van der Waals surface area contributed by atoms with Crippen LogP contribution in [0, 0.1) is 12.7 Å². The zero-order valence-corrected chi connectivity index (χ0v) is 18.1. The van der Waals surface area contributed by atoms with Crippen LogP contribution in [0.15, 0.2) is 72.8 Å². The Hall–Kier alpha value is -3.15. The largest absolute Gasteiger partial charge is 0.297 e. The Morgan fingerprint density at radius 2 is 1.41 bits per heavy atom. The van der Waals surface area contributed by atoms with Gasteiger partial charge < -0.3 is 0 Å². The molecule has 1 saturated heterocycles. The molecule has 4 nitrogen and oxygen atoms in total. The molecule has 0 bridgehead atoms. The zero-order valence-electron chi connectivity index (χ0n) is 18.1. The Kier molecular flexibility index (Phi) is 5.24. The van der Waals surface area contributed by atoms with Crippen molar-refractivity contribution in [2.75, 3.05) is 26.2 Å². The van der Waals surface area contributed by atoms with E-state index in [-0.39, 0.29) is 11.6 Å². The van der Waals surface area contributed by atoms with Gasteiger partial charge in [-0.2, -0.15) is 0 Å². The van der Waals surface area contributed by atoms with Crippen LogP contribution in [0.3, 0.4) is 0 Å². The molecule has 0 radical (unpaired) electrons. The summed E-state index contributed by atoms with van der Waals surface area (Å²) in [5.41, 5.74) is 1.69. The smallest absolute Gasteiger partial charge is 0.196 e. The number of halogens is 1. The van der Waals surface area contributed by atoms with Gasteiger partial charge in [-0.15, -0.1) is 0 Å². The van der Waals surface area contributed by atoms with Crippen molar-refractivity contribution in [3.8, 4) is 0 Å². The van der Waals surface area contributed by atoms with Crippen molar-refractivity contribution >= 4 is 11.6 Å². The molecule has 0 unspecified atom stereocenters.